The molecule has 0 aliphatic rings. The van der Waals surface area contributed by atoms with E-state index in [-0.39, 0.29) is 5.75 Å². The fourth-order valence-electron chi connectivity index (χ4n) is 1.53. The topological polar surface area (TPSA) is 52.6 Å². The molecule has 4 nitrogen and oxygen atoms in total. The van der Waals surface area contributed by atoms with Crippen LogP contribution in [0.1, 0.15) is 0 Å². The molecular formula is C13H9F3O4S. The van der Waals surface area contributed by atoms with Crippen LogP contribution in [0.2, 0.25) is 0 Å². The second kappa shape index (κ2) is 5.65. The molecule has 0 atom stereocenters. The van der Waals surface area contributed by atoms with Gasteiger partial charge in [0.2, 0.25) is 0 Å². The quantitative estimate of drug-likeness (QED) is 0.642. The van der Waals surface area contributed by atoms with Gasteiger partial charge in [0, 0.05) is 6.07 Å². The molecule has 0 spiro atoms. The van der Waals surface area contributed by atoms with E-state index in [1.54, 1.807) is 0 Å². The lowest BCUT2D eigenvalue weighted by molar-refractivity contribution is 0.410. The summed E-state index contributed by atoms with van der Waals surface area (Å²) in [6.07, 6.45) is 0. The predicted molar refractivity (Wildman–Crippen MR) is 67.1 cm³/mol. The van der Waals surface area contributed by atoms with E-state index in [1.807, 2.05) is 0 Å². The van der Waals surface area contributed by atoms with Crippen LogP contribution in [0.15, 0.2) is 41.3 Å². The van der Waals surface area contributed by atoms with E-state index in [0.29, 0.717) is 17.9 Å². The molecule has 8 heteroatoms. The first kappa shape index (κ1) is 15.2. The van der Waals surface area contributed by atoms with Gasteiger partial charge >= 0.3 is 10.1 Å². The summed E-state index contributed by atoms with van der Waals surface area (Å²) in [5.74, 6) is -5.05. The van der Waals surface area contributed by atoms with E-state index in [1.165, 1.54) is 31.4 Å². The first-order valence-electron chi connectivity index (χ1n) is 5.57. The lowest BCUT2D eigenvalue weighted by atomic mass is 10.3. The Morgan fingerprint density at radius 2 is 1.62 bits per heavy atom. The van der Waals surface area contributed by atoms with Gasteiger partial charge in [-0.15, -0.1) is 0 Å². The molecule has 0 radical (unpaired) electrons. The van der Waals surface area contributed by atoms with Crippen molar-refractivity contribution >= 4 is 10.1 Å². The maximum atomic E-state index is 13.5. The first-order valence-corrected chi connectivity index (χ1v) is 6.98. The highest BCUT2D eigenvalue weighted by molar-refractivity contribution is 7.87. The minimum Gasteiger partial charge on any atom is -0.497 e. The van der Waals surface area contributed by atoms with Gasteiger partial charge in [0.1, 0.15) is 16.4 Å². The fraction of sp³-hybridized carbons (Fsp3) is 0.0769. The van der Waals surface area contributed by atoms with Crippen molar-refractivity contribution in [3.63, 3.8) is 0 Å². The van der Waals surface area contributed by atoms with Gasteiger partial charge in [-0.3, -0.25) is 0 Å². The third-order valence-corrected chi connectivity index (χ3v) is 3.78. The molecule has 112 valence electrons. The molecule has 0 aliphatic heterocycles. The average molecular weight is 318 g/mol. The van der Waals surface area contributed by atoms with Crippen LogP contribution in [-0.2, 0) is 10.1 Å². The molecule has 2 aromatic carbocycles. The number of hydrogen-bond acceptors (Lipinski definition) is 4. The van der Waals surface area contributed by atoms with Crippen LogP contribution in [0.5, 0.6) is 11.5 Å². The Morgan fingerprint density at radius 1 is 0.952 bits per heavy atom. The molecule has 2 rings (SSSR count). The van der Waals surface area contributed by atoms with E-state index in [2.05, 4.69) is 4.18 Å². The number of methoxy groups -OCH3 is 1. The third kappa shape index (κ3) is 3.10. The third-order valence-electron chi connectivity index (χ3n) is 2.52. The van der Waals surface area contributed by atoms with Crippen LogP contribution < -0.4 is 8.92 Å². The Balaban J connectivity index is 2.41. The summed E-state index contributed by atoms with van der Waals surface area (Å²) in [7, 11) is -3.28. The molecule has 0 saturated heterocycles. The molecule has 0 bridgehead atoms. The standard InChI is InChI=1S/C13H9F3O4S/c1-19-8-3-2-4-9(7-8)20-21(17,18)11-6-5-10(14)12(15)13(11)16/h2-7H,1H3. The first-order chi connectivity index (χ1) is 9.85. The van der Waals surface area contributed by atoms with Gasteiger partial charge in [-0.1, -0.05) is 6.07 Å². The van der Waals surface area contributed by atoms with Crippen molar-refractivity contribution < 1.29 is 30.5 Å². The highest BCUT2D eigenvalue weighted by Crippen LogP contribution is 2.25. The summed E-state index contributed by atoms with van der Waals surface area (Å²) in [4.78, 5) is -1.09. The Morgan fingerprint density at radius 3 is 2.29 bits per heavy atom. The van der Waals surface area contributed by atoms with E-state index < -0.39 is 32.5 Å². The normalized spacial score (nSPS) is 11.2. The summed E-state index contributed by atoms with van der Waals surface area (Å²) in [6.45, 7) is 0. The van der Waals surface area contributed by atoms with E-state index in [0.717, 1.165) is 0 Å². The zero-order valence-electron chi connectivity index (χ0n) is 10.6. The second-order valence-corrected chi connectivity index (χ2v) is 5.40. The molecule has 0 aromatic heterocycles. The second-order valence-electron chi connectivity index (χ2n) is 3.89. The summed E-state index contributed by atoms with van der Waals surface area (Å²) in [5.41, 5.74) is 0. The van der Waals surface area contributed by atoms with Crippen LogP contribution in [0.25, 0.3) is 0 Å². The largest absolute Gasteiger partial charge is 0.497 e. The van der Waals surface area contributed by atoms with Crippen LogP contribution in [0.3, 0.4) is 0 Å². The maximum absolute atomic E-state index is 13.5. The zero-order valence-corrected chi connectivity index (χ0v) is 11.5. The summed E-state index contributed by atoms with van der Waals surface area (Å²) < 4.78 is 72.7. The van der Waals surface area contributed by atoms with Crippen molar-refractivity contribution in [3.8, 4) is 11.5 Å². The van der Waals surface area contributed by atoms with Gasteiger partial charge in [0.05, 0.1) is 7.11 Å². The van der Waals surface area contributed by atoms with Crippen molar-refractivity contribution in [3.05, 3.63) is 53.8 Å². The lowest BCUT2D eigenvalue weighted by Gasteiger charge is -2.09. The molecule has 2 aromatic rings. The van der Waals surface area contributed by atoms with Gasteiger partial charge in [0.15, 0.2) is 17.5 Å². The minimum absolute atomic E-state index is 0.154. The molecule has 0 fully saturated rings. The maximum Gasteiger partial charge on any atom is 0.342 e. The number of halogens is 3. The van der Waals surface area contributed by atoms with Crippen molar-refractivity contribution in [2.24, 2.45) is 0 Å². The van der Waals surface area contributed by atoms with Crippen LogP contribution in [-0.4, -0.2) is 15.5 Å². The van der Waals surface area contributed by atoms with Crippen molar-refractivity contribution in [1.29, 1.82) is 0 Å². The molecule has 0 N–H and O–H groups in total. The molecule has 21 heavy (non-hydrogen) atoms. The van der Waals surface area contributed by atoms with E-state index in [4.69, 9.17) is 4.74 Å². The van der Waals surface area contributed by atoms with Gasteiger partial charge in [-0.25, -0.2) is 13.2 Å². The summed E-state index contributed by atoms with van der Waals surface area (Å²) in [6, 6.07) is 6.61. The molecule has 0 saturated carbocycles. The monoisotopic (exact) mass is 318 g/mol. The van der Waals surface area contributed by atoms with Crippen molar-refractivity contribution in [2.75, 3.05) is 7.11 Å². The predicted octanol–water partition coefficient (Wildman–Crippen LogP) is 2.88. The zero-order chi connectivity index (χ0) is 15.6. The SMILES string of the molecule is COc1cccc(OS(=O)(=O)c2ccc(F)c(F)c2F)c1. The number of benzene rings is 2. The van der Waals surface area contributed by atoms with E-state index >= 15 is 0 Å². The van der Waals surface area contributed by atoms with Gasteiger partial charge in [-0.05, 0) is 24.3 Å². The average Bonchev–Trinajstić information content (AvgIpc) is 2.44. The van der Waals surface area contributed by atoms with E-state index in [9.17, 15) is 21.6 Å². The van der Waals surface area contributed by atoms with Crippen molar-refractivity contribution in [1.82, 2.24) is 0 Å². The molecule has 0 unspecified atom stereocenters. The lowest BCUT2D eigenvalue weighted by Crippen LogP contribution is -2.13. The number of hydrogen-bond donors (Lipinski definition) is 0. The van der Waals surface area contributed by atoms with Gasteiger partial charge in [0.25, 0.3) is 0 Å². The summed E-state index contributed by atoms with van der Waals surface area (Å²) in [5, 5.41) is 0. The highest BCUT2D eigenvalue weighted by atomic mass is 32.2. The van der Waals surface area contributed by atoms with Crippen LogP contribution in [0.4, 0.5) is 13.2 Å². The Bertz CT molecular complexity index is 775. The molecular weight excluding hydrogens is 309 g/mol. The van der Waals surface area contributed by atoms with Gasteiger partial charge < -0.3 is 8.92 Å². The Hall–Kier alpha value is -2.22. The number of ether oxygens (including phenoxy) is 1. The fourth-order valence-corrected chi connectivity index (χ4v) is 2.52. The highest BCUT2D eigenvalue weighted by Gasteiger charge is 2.26. The molecule has 0 aliphatic carbocycles. The number of rotatable bonds is 4. The van der Waals surface area contributed by atoms with Crippen LogP contribution >= 0.6 is 0 Å². The smallest absolute Gasteiger partial charge is 0.342 e. The van der Waals surface area contributed by atoms with Crippen molar-refractivity contribution in [2.45, 2.75) is 4.90 Å². The molecule has 0 amide bonds. The minimum atomic E-state index is -4.65. The summed E-state index contributed by atoms with van der Waals surface area (Å²) >= 11 is 0. The Labute approximate surface area is 118 Å². The van der Waals surface area contributed by atoms with Gasteiger partial charge in [-0.2, -0.15) is 8.42 Å². The van der Waals surface area contributed by atoms with Crippen LogP contribution in [0, 0.1) is 17.5 Å². The Kier molecular flexibility index (Phi) is 4.08. The molecule has 0 heterocycles.